The van der Waals surface area contributed by atoms with Gasteiger partial charge in [-0.05, 0) is 38.2 Å². The van der Waals surface area contributed by atoms with Crippen molar-refractivity contribution in [2.75, 3.05) is 11.4 Å². The van der Waals surface area contributed by atoms with Crippen LogP contribution in [0, 0.1) is 5.41 Å². The number of hydrogen-bond acceptors (Lipinski definition) is 2. The van der Waals surface area contributed by atoms with Gasteiger partial charge in [0.05, 0.1) is 17.4 Å². The van der Waals surface area contributed by atoms with E-state index in [9.17, 15) is 0 Å². The first-order valence-corrected chi connectivity index (χ1v) is 9.02. The minimum absolute atomic E-state index is 0.0219. The van der Waals surface area contributed by atoms with Crippen molar-refractivity contribution in [2.45, 2.75) is 65.5 Å². The SMILES string of the molecule is CC(C)(C)CN(c1cnn(C(C)(C)C)c1)[C@@H]1C[C@H]1c1ccccc1. The largest absolute Gasteiger partial charge is 0.365 e. The molecule has 1 aromatic heterocycles. The topological polar surface area (TPSA) is 21.1 Å². The van der Waals surface area contributed by atoms with Crippen molar-refractivity contribution in [2.24, 2.45) is 5.41 Å². The van der Waals surface area contributed by atoms with Crippen LogP contribution in [0.1, 0.15) is 59.4 Å². The zero-order valence-corrected chi connectivity index (χ0v) is 16.0. The standard InChI is InChI=1S/C21H31N3/c1-20(2,3)15-23(17-13-22-24(14-17)21(4,5)6)19-12-18(19)16-10-8-7-9-11-16/h7-11,13-14,18-19H,12,15H2,1-6H3/t18-,19+/m0/s1. The van der Waals surface area contributed by atoms with Crippen LogP contribution in [-0.4, -0.2) is 22.4 Å². The number of rotatable bonds is 4. The van der Waals surface area contributed by atoms with Gasteiger partial charge in [0.1, 0.15) is 0 Å². The molecule has 2 atom stereocenters. The van der Waals surface area contributed by atoms with Crippen molar-refractivity contribution in [3.63, 3.8) is 0 Å². The molecule has 0 N–H and O–H groups in total. The summed E-state index contributed by atoms with van der Waals surface area (Å²) in [6.07, 6.45) is 5.49. The van der Waals surface area contributed by atoms with Crippen molar-refractivity contribution in [3.8, 4) is 0 Å². The summed E-state index contributed by atoms with van der Waals surface area (Å²) in [5, 5.41) is 4.62. The minimum Gasteiger partial charge on any atom is -0.365 e. The second-order valence-electron chi connectivity index (χ2n) is 9.32. The number of benzene rings is 1. The van der Waals surface area contributed by atoms with Gasteiger partial charge in [0.2, 0.25) is 0 Å². The Morgan fingerprint density at radius 3 is 2.29 bits per heavy atom. The van der Waals surface area contributed by atoms with Gasteiger partial charge in [0, 0.05) is 24.7 Å². The van der Waals surface area contributed by atoms with Gasteiger partial charge in [-0.1, -0.05) is 51.1 Å². The highest BCUT2D eigenvalue weighted by molar-refractivity contribution is 5.49. The van der Waals surface area contributed by atoms with Crippen molar-refractivity contribution in [1.29, 1.82) is 0 Å². The molecule has 0 amide bonds. The molecular formula is C21H31N3. The van der Waals surface area contributed by atoms with Crippen LogP contribution in [0.4, 0.5) is 5.69 Å². The van der Waals surface area contributed by atoms with Crippen LogP contribution in [0.3, 0.4) is 0 Å². The number of hydrogen-bond donors (Lipinski definition) is 0. The van der Waals surface area contributed by atoms with Gasteiger partial charge in [-0.15, -0.1) is 0 Å². The highest BCUT2D eigenvalue weighted by Crippen LogP contribution is 2.47. The van der Waals surface area contributed by atoms with E-state index < -0.39 is 0 Å². The average Bonchev–Trinajstić information content (AvgIpc) is 3.10. The van der Waals surface area contributed by atoms with Gasteiger partial charge in [-0.2, -0.15) is 5.10 Å². The van der Waals surface area contributed by atoms with Gasteiger partial charge in [0.15, 0.2) is 0 Å². The summed E-state index contributed by atoms with van der Waals surface area (Å²) in [5.41, 5.74) is 3.00. The summed E-state index contributed by atoms with van der Waals surface area (Å²) in [6, 6.07) is 11.5. The fourth-order valence-electron chi connectivity index (χ4n) is 3.32. The van der Waals surface area contributed by atoms with E-state index in [1.165, 1.54) is 17.7 Å². The van der Waals surface area contributed by atoms with Crippen molar-refractivity contribution < 1.29 is 0 Å². The predicted molar refractivity (Wildman–Crippen MR) is 102 cm³/mol. The fourth-order valence-corrected chi connectivity index (χ4v) is 3.32. The highest BCUT2D eigenvalue weighted by atomic mass is 15.3. The summed E-state index contributed by atoms with van der Waals surface area (Å²) >= 11 is 0. The molecule has 1 aliphatic carbocycles. The molecule has 1 aliphatic rings. The number of aromatic nitrogens is 2. The van der Waals surface area contributed by atoms with E-state index in [-0.39, 0.29) is 11.0 Å². The third-order valence-corrected chi connectivity index (χ3v) is 4.62. The predicted octanol–water partition coefficient (Wildman–Crippen LogP) is 5.05. The van der Waals surface area contributed by atoms with Gasteiger partial charge in [-0.3, -0.25) is 4.68 Å². The molecule has 1 fully saturated rings. The summed E-state index contributed by atoms with van der Waals surface area (Å²) < 4.78 is 2.08. The zero-order valence-electron chi connectivity index (χ0n) is 16.0. The van der Waals surface area contributed by atoms with E-state index in [0.717, 1.165) is 6.54 Å². The van der Waals surface area contributed by atoms with Gasteiger partial charge in [0.25, 0.3) is 0 Å². The van der Waals surface area contributed by atoms with E-state index >= 15 is 0 Å². The zero-order chi connectivity index (χ0) is 17.5. The molecule has 0 radical (unpaired) electrons. The molecule has 0 spiro atoms. The van der Waals surface area contributed by atoms with E-state index in [1.54, 1.807) is 0 Å². The third kappa shape index (κ3) is 3.82. The first-order valence-electron chi connectivity index (χ1n) is 9.02. The van der Waals surface area contributed by atoms with Crippen LogP contribution in [0.25, 0.3) is 0 Å². The molecule has 0 aliphatic heterocycles. The molecule has 2 aromatic rings. The summed E-state index contributed by atoms with van der Waals surface area (Å²) in [5.74, 6) is 0.645. The maximum Gasteiger partial charge on any atom is 0.0755 e. The van der Waals surface area contributed by atoms with Crippen LogP contribution < -0.4 is 4.90 Å². The van der Waals surface area contributed by atoms with Crippen LogP contribution in [-0.2, 0) is 5.54 Å². The lowest BCUT2D eigenvalue weighted by Gasteiger charge is -2.31. The molecule has 1 aromatic carbocycles. The Labute approximate surface area is 146 Å². The second kappa shape index (κ2) is 5.94. The van der Waals surface area contributed by atoms with Crippen molar-refractivity contribution >= 4 is 5.69 Å². The molecule has 0 saturated heterocycles. The molecule has 0 bridgehead atoms. The normalized spacial score (nSPS) is 20.9. The summed E-state index contributed by atoms with van der Waals surface area (Å²) in [4.78, 5) is 2.58. The Balaban J connectivity index is 1.84. The molecular weight excluding hydrogens is 294 g/mol. The molecule has 1 heterocycles. The number of anilines is 1. The summed E-state index contributed by atoms with van der Waals surface area (Å²) in [7, 11) is 0. The molecule has 130 valence electrons. The van der Waals surface area contributed by atoms with E-state index in [0.29, 0.717) is 12.0 Å². The number of nitrogens with zero attached hydrogens (tertiary/aromatic N) is 3. The van der Waals surface area contributed by atoms with Crippen LogP contribution in [0.5, 0.6) is 0 Å². The van der Waals surface area contributed by atoms with Gasteiger partial charge in [-0.25, -0.2) is 0 Å². The van der Waals surface area contributed by atoms with Gasteiger partial charge >= 0.3 is 0 Å². The maximum atomic E-state index is 4.62. The highest BCUT2D eigenvalue weighted by Gasteiger charge is 2.44. The third-order valence-electron chi connectivity index (χ3n) is 4.62. The molecule has 3 heteroatoms. The van der Waals surface area contributed by atoms with Crippen LogP contribution in [0.2, 0.25) is 0 Å². The van der Waals surface area contributed by atoms with Gasteiger partial charge < -0.3 is 4.90 Å². The maximum absolute atomic E-state index is 4.62. The van der Waals surface area contributed by atoms with Crippen LogP contribution in [0.15, 0.2) is 42.7 Å². The Morgan fingerprint density at radius 1 is 1.08 bits per heavy atom. The lowest BCUT2D eigenvalue weighted by Crippen LogP contribution is -2.35. The Kier molecular flexibility index (Phi) is 4.23. The molecule has 3 rings (SSSR count). The molecule has 1 saturated carbocycles. The quantitative estimate of drug-likeness (QED) is 0.784. The second-order valence-corrected chi connectivity index (χ2v) is 9.32. The van der Waals surface area contributed by atoms with E-state index in [4.69, 9.17) is 0 Å². The lowest BCUT2D eigenvalue weighted by atomic mass is 9.95. The van der Waals surface area contributed by atoms with E-state index in [2.05, 4.69) is 92.8 Å². The minimum atomic E-state index is 0.0219. The monoisotopic (exact) mass is 325 g/mol. The van der Waals surface area contributed by atoms with Crippen molar-refractivity contribution in [3.05, 3.63) is 48.3 Å². The van der Waals surface area contributed by atoms with Crippen LogP contribution >= 0.6 is 0 Å². The Bertz CT molecular complexity index is 673. The smallest absolute Gasteiger partial charge is 0.0755 e. The van der Waals surface area contributed by atoms with E-state index in [1.807, 2.05) is 6.20 Å². The first kappa shape index (κ1) is 17.1. The Morgan fingerprint density at radius 2 is 1.75 bits per heavy atom. The molecule has 3 nitrogen and oxygen atoms in total. The van der Waals surface area contributed by atoms with Crippen molar-refractivity contribution in [1.82, 2.24) is 9.78 Å². The Hall–Kier alpha value is -1.77. The first-order chi connectivity index (χ1) is 11.1. The lowest BCUT2D eigenvalue weighted by molar-refractivity contribution is 0.355. The fraction of sp³-hybridized carbons (Fsp3) is 0.571. The molecule has 0 unspecified atom stereocenters. The summed E-state index contributed by atoms with van der Waals surface area (Å²) in [6.45, 7) is 14.6. The average molecular weight is 326 g/mol. The molecule has 24 heavy (non-hydrogen) atoms.